The number of halogens is 1. The molecule has 11 heavy (non-hydrogen) atoms. The molecule has 0 saturated carbocycles. The van der Waals surface area contributed by atoms with Gasteiger partial charge in [-0.2, -0.15) is 0 Å². The summed E-state index contributed by atoms with van der Waals surface area (Å²) in [5, 5.41) is 9.28. The second kappa shape index (κ2) is 3.92. The minimum atomic E-state index is 0.344. The minimum absolute atomic E-state index is 0.344. The average molecular weight is 263 g/mol. The summed E-state index contributed by atoms with van der Waals surface area (Å²) in [5.74, 6) is 0.344. The maximum absolute atomic E-state index is 9.28. The normalized spacial score (nSPS) is 10.0. The van der Waals surface area contributed by atoms with Gasteiger partial charge in [-0.05, 0) is 53.3 Å². The van der Waals surface area contributed by atoms with E-state index >= 15 is 0 Å². The van der Waals surface area contributed by atoms with Crippen LogP contribution < -0.4 is 5.73 Å². The van der Waals surface area contributed by atoms with Crippen LogP contribution in [0.4, 0.5) is 0 Å². The van der Waals surface area contributed by atoms with Crippen molar-refractivity contribution in [2.45, 2.75) is 6.42 Å². The smallest absolute Gasteiger partial charge is 0.129 e. The summed E-state index contributed by atoms with van der Waals surface area (Å²) in [6.45, 7) is 0.625. The molecular weight excluding hydrogens is 253 g/mol. The summed E-state index contributed by atoms with van der Waals surface area (Å²) in [6.07, 6.45) is 0.824. The van der Waals surface area contributed by atoms with Crippen LogP contribution in [0.5, 0.6) is 5.75 Å². The lowest BCUT2D eigenvalue weighted by Crippen LogP contribution is -2.02. The highest BCUT2D eigenvalue weighted by molar-refractivity contribution is 14.1. The van der Waals surface area contributed by atoms with E-state index in [4.69, 9.17) is 5.73 Å². The topological polar surface area (TPSA) is 46.2 Å². The number of aromatic hydroxyl groups is 1. The third kappa shape index (κ3) is 2.34. The molecule has 0 unspecified atom stereocenters. The summed E-state index contributed by atoms with van der Waals surface area (Å²) in [4.78, 5) is 0. The standard InChI is InChI=1S/C8H10INO/c9-7-2-1-6(3-4-10)5-8(7)11/h1-2,5,11H,3-4,10H2. The van der Waals surface area contributed by atoms with E-state index in [0.29, 0.717) is 12.3 Å². The van der Waals surface area contributed by atoms with Crippen LogP contribution in [0.15, 0.2) is 18.2 Å². The molecule has 0 aliphatic heterocycles. The molecule has 3 heteroatoms. The monoisotopic (exact) mass is 263 g/mol. The number of rotatable bonds is 2. The molecule has 0 bridgehead atoms. The number of hydrogen-bond acceptors (Lipinski definition) is 2. The van der Waals surface area contributed by atoms with Crippen molar-refractivity contribution in [1.82, 2.24) is 0 Å². The Kier molecular flexibility index (Phi) is 3.14. The highest BCUT2D eigenvalue weighted by atomic mass is 127. The third-order valence-electron chi connectivity index (χ3n) is 1.44. The van der Waals surface area contributed by atoms with Crippen molar-refractivity contribution in [1.29, 1.82) is 0 Å². The van der Waals surface area contributed by atoms with E-state index < -0.39 is 0 Å². The Bertz CT molecular complexity index is 250. The van der Waals surface area contributed by atoms with Gasteiger partial charge in [-0.3, -0.25) is 0 Å². The molecule has 0 spiro atoms. The van der Waals surface area contributed by atoms with Gasteiger partial charge in [-0.25, -0.2) is 0 Å². The van der Waals surface area contributed by atoms with Gasteiger partial charge in [0, 0.05) is 0 Å². The van der Waals surface area contributed by atoms with Crippen LogP contribution in [0.3, 0.4) is 0 Å². The fourth-order valence-corrected chi connectivity index (χ4v) is 1.22. The van der Waals surface area contributed by atoms with Crippen LogP contribution >= 0.6 is 22.6 Å². The molecule has 0 aliphatic carbocycles. The fourth-order valence-electron chi connectivity index (χ4n) is 0.880. The van der Waals surface area contributed by atoms with Gasteiger partial charge >= 0.3 is 0 Å². The molecule has 0 fully saturated rings. The molecule has 1 aromatic rings. The number of phenolic OH excluding ortho intramolecular Hbond substituents is 1. The Labute approximate surface area is 79.6 Å². The van der Waals surface area contributed by atoms with Crippen molar-refractivity contribution in [3.63, 3.8) is 0 Å². The molecule has 0 radical (unpaired) electrons. The van der Waals surface area contributed by atoms with E-state index in [-0.39, 0.29) is 0 Å². The number of phenols is 1. The minimum Gasteiger partial charge on any atom is -0.507 e. The summed E-state index contributed by atoms with van der Waals surface area (Å²) in [6, 6.07) is 5.63. The molecule has 60 valence electrons. The lowest BCUT2D eigenvalue weighted by molar-refractivity contribution is 0.470. The van der Waals surface area contributed by atoms with Crippen LogP contribution in [0.25, 0.3) is 0 Å². The second-order valence-corrected chi connectivity index (χ2v) is 3.49. The quantitative estimate of drug-likeness (QED) is 0.794. The predicted molar refractivity (Wildman–Crippen MR) is 53.6 cm³/mol. The van der Waals surface area contributed by atoms with Crippen molar-refractivity contribution in [2.24, 2.45) is 5.73 Å². The third-order valence-corrected chi connectivity index (χ3v) is 2.36. The predicted octanol–water partition coefficient (Wildman–Crippen LogP) is 1.50. The van der Waals surface area contributed by atoms with Crippen molar-refractivity contribution in [2.75, 3.05) is 6.54 Å². The van der Waals surface area contributed by atoms with Crippen molar-refractivity contribution >= 4 is 22.6 Å². The Morgan fingerprint density at radius 2 is 2.18 bits per heavy atom. The molecule has 2 nitrogen and oxygen atoms in total. The van der Waals surface area contributed by atoms with E-state index in [9.17, 15) is 5.11 Å². The van der Waals surface area contributed by atoms with E-state index in [2.05, 4.69) is 22.6 Å². The molecule has 0 aliphatic rings. The van der Waals surface area contributed by atoms with Gasteiger partial charge in [0.15, 0.2) is 0 Å². The highest BCUT2D eigenvalue weighted by Gasteiger charge is 1.97. The van der Waals surface area contributed by atoms with Gasteiger partial charge in [0.2, 0.25) is 0 Å². The summed E-state index contributed by atoms with van der Waals surface area (Å²) >= 11 is 2.09. The number of hydrogen-bond donors (Lipinski definition) is 2. The lowest BCUT2D eigenvalue weighted by atomic mass is 10.1. The van der Waals surface area contributed by atoms with Gasteiger partial charge in [0.25, 0.3) is 0 Å². The Hall–Kier alpha value is -0.290. The zero-order valence-electron chi connectivity index (χ0n) is 6.05. The van der Waals surface area contributed by atoms with Crippen LogP contribution in [0.2, 0.25) is 0 Å². The second-order valence-electron chi connectivity index (χ2n) is 2.32. The maximum atomic E-state index is 9.28. The molecule has 0 aromatic heterocycles. The van der Waals surface area contributed by atoms with Crippen molar-refractivity contribution in [3.05, 3.63) is 27.3 Å². The number of nitrogens with two attached hydrogens (primary N) is 1. The molecule has 0 saturated heterocycles. The molecule has 0 amide bonds. The average Bonchev–Trinajstić information content (AvgIpc) is 1.98. The molecule has 1 rings (SSSR count). The van der Waals surface area contributed by atoms with Crippen molar-refractivity contribution in [3.8, 4) is 5.75 Å². The van der Waals surface area contributed by atoms with Crippen LogP contribution in [0, 0.1) is 3.57 Å². The first-order valence-electron chi connectivity index (χ1n) is 3.41. The Morgan fingerprint density at radius 3 is 2.73 bits per heavy atom. The first kappa shape index (κ1) is 8.80. The van der Waals surface area contributed by atoms with Gasteiger partial charge in [-0.15, -0.1) is 0 Å². The van der Waals surface area contributed by atoms with Gasteiger partial charge < -0.3 is 10.8 Å². The summed E-state index contributed by atoms with van der Waals surface area (Å²) in [5.41, 5.74) is 6.45. The van der Waals surface area contributed by atoms with E-state index in [0.717, 1.165) is 15.6 Å². The van der Waals surface area contributed by atoms with Crippen LogP contribution in [-0.4, -0.2) is 11.7 Å². The highest BCUT2D eigenvalue weighted by Crippen LogP contribution is 2.20. The summed E-state index contributed by atoms with van der Waals surface area (Å²) in [7, 11) is 0. The van der Waals surface area contributed by atoms with E-state index in [1.165, 1.54) is 0 Å². The van der Waals surface area contributed by atoms with Gasteiger partial charge in [-0.1, -0.05) is 6.07 Å². The Balaban J connectivity index is 2.86. The van der Waals surface area contributed by atoms with E-state index in [1.807, 2.05) is 12.1 Å². The van der Waals surface area contributed by atoms with Gasteiger partial charge in [0.05, 0.1) is 3.57 Å². The van der Waals surface area contributed by atoms with Gasteiger partial charge in [0.1, 0.15) is 5.75 Å². The lowest BCUT2D eigenvalue weighted by Gasteiger charge is -2.00. The Morgan fingerprint density at radius 1 is 1.45 bits per heavy atom. The molecule has 1 aromatic carbocycles. The zero-order valence-corrected chi connectivity index (χ0v) is 8.21. The summed E-state index contributed by atoms with van der Waals surface area (Å²) < 4.78 is 0.878. The first-order valence-corrected chi connectivity index (χ1v) is 4.49. The van der Waals surface area contributed by atoms with E-state index in [1.54, 1.807) is 6.07 Å². The molecule has 3 N–H and O–H groups in total. The van der Waals surface area contributed by atoms with Crippen LogP contribution in [-0.2, 0) is 6.42 Å². The SMILES string of the molecule is NCCc1ccc(I)c(O)c1. The first-order chi connectivity index (χ1) is 5.24. The molecule has 0 atom stereocenters. The molecular formula is C8H10INO. The molecule has 0 heterocycles. The zero-order chi connectivity index (χ0) is 8.27. The largest absolute Gasteiger partial charge is 0.507 e. The van der Waals surface area contributed by atoms with Crippen molar-refractivity contribution < 1.29 is 5.11 Å². The fraction of sp³-hybridized carbons (Fsp3) is 0.250. The number of benzene rings is 1. The van der Waals surface area contributed by atoms with Crippen LogP contribution in [0.1, 0.15) is 5.56 Å². The maximum Gasteiger partial charge on any atom is 0.129 e.